The van der Waals surface area contributed by atoms with Crippen LogP contribution in [0.4, 0.5) is 5.69 Å². The smallest absolute Gasteiger partial charge is 0.0404 e. The van der Waals surface area contributed by atoms with Gasteiger partial charge in [0, 0.05) is 25.2 Å². The SMILES string of the molecule is C=CC(CC)c1ccc2c(c1)N(C)CCC2(C)C. The van der Waals surface area contributed by atoms with Gasteiger partial charge in [0.05, 0.1) is 0 Å². The Morgan fingerprint density at radius 1 is 1.44 bits per heavy atom. The average molecular weight is 243 g/mol. The van der Waals surface area contributed by atoms with Crippen molar-refractivity contribution in [3.63, 3.8) is 0 Å². The minimum atomic E-state index is 0.302. The molecule has 0 N–H and O–H groups in total. The fourth-order valence-corrected chi connectivity index (χ4v) is 2.91. The maximum atomic E-state index is 3.95. The minimum absolute atomic E-state index is 0.302. The Balaban J connectivity index is 2.48. The Morgan fingerprint density at radius 2 is 2.17 bits per heavy atom. The van der Waals surface area contributed by atoms with Crippen molar-refractivity contribution in [1.29, 1.82) is 0 Å². The predicted molar refractivity (Wildman–Crippen MR) is 80.6 cm³/mol. The van der Waals surface area contributed by atoms with Crippen LogP contribution < -0.4 is 4.90 Å². The molecule has 1 unspecified atom stereocenters. The molecule has 0 aliphatic carbocycles. The van der Waals surface area contributed by atoms with Gasteiger partial charge in [-0.15, -0.1) is 6.58 Å². The Bertz CT molecular complexity index is 445. The first kappa shape index (κ1) is 13.2. The van der Waals surface area contributed by atoms with Gasteiger partial charge in [-0.3, -0.25) is 0 Å². The number of fused-ring (bicyclic) bond motifs is 1. The van der Waals surface area contributed by atoms with E-state index in [4.69, 9.17) is 0 Å². The summed E-state index contributed by atoms with van der Waals surface area (Å²) in [6.07, 6.45) is 4.42. The Labute approximate surface area is 112 Å². The van der Waals surface area contributed by atoms with E-state index in [0.29, 0.717) is 11.3 Å². The minimum Gasteiger partial charge on any atom is -0.374 e. The van der Waals surface area contributed by atoms with Gasteiger partial charge >= 0.3 is 0 Å². The third kappa shape index (κ3) is 2.19. The van der Waals surface area contributed by atoms with Gasteiger partial charge < -0.3 is 4.90 Å². The average Bonchev–Trinajstić information content (AvgIpc) is 2.36. The highest BCUT2D eigenvalue weighted by Gasteiger charge is 2.29. The van der Waals surface area contributed by atoms with E-state index in [-0.39, 0.29) is 0 Å². The lowest BCUT2D eigenvalue weighted by molar-refractivity contribution is 0.461. The summed E-state index contributed by atoms with van der Waals surface area (Å²) in [4.78, 5) is 2.39. The zero-order chi connectivity index (χ0) is 13.3. The molecule has 18 heavy (non-hydrogen) atoms. The van der Waals surface area contributed by atoms with Crippen molar-refractivity contribution in [2.24, 2.45) is 0 Å². The van der Waals surface area contributed by atoms with Crippen LogP contribution in [-0.2, 0) is 5.41 Å². The molecule has 2 rings (SSSR count). The van der Waals surface area contributed by atoms with E-state index in [1.807, 2.05) is 0 Å². The normalized spacial score (nSPS) is 19.2. The lowest BCUT2D eigenvalue weighted by Crippen LogP contribution is -2.34. The molecule has 0 radical (unpaired) electrons. The summed E-state index contributed by atoms with van der Waals surface area (Å²) < 4.78 is 0. The molecular weight excluding hydrogens is 218 g/mol. The van der Waals surface area contributed by atoms with E-state index in [1.165, 1.54) is 23.2 Å². The molecular formula is C17H25N. The quantitative estimate of drug-likeness (QED) is 0.707. The van der Waals surface area contributed by atoms with Gasteiger partial charge in [-0.25, -0.2) is 0 Å². The van der Waals surface area contributed by atoms with Crippen LogP contribution in [0.2, 0.25) is 0 Å². The lowest BCUT2D eigenvalue weighted by Gasteiger charge is -2.39. The van der Waals surface area contributed by atoms with Gasteiger partial charge in [0.15, 0.2) is 0 Å². The molecule has 0 aromatic heterocycles. The highest BCUT2D eigenvalue weighted by Crippen LogP contribution is 2.40. The van der Waals surface area contributed by atoms with Gasteiger partial charge in [0.2, 0.25) is 0 Å². The van der Waals surface area contributed by atoms with E-state index in [9.17, 15) is 0 Å². The van der Waals surface area contributed by atoms with Crippen molar-refractivity contribution < 1.29 is 0 Å². The lowest BCUT2D eigenvalue weighted by atomic mass is 9.77. The number of nitrogens with zero attached hydrogens (tertiary/aromatic N) is 1. The summed E-state index contributed by atoms with van der Waals surface area (Å²) in [6.45, 7) is 12.0. The molecule has 0 saturated heterocycles. The maximum Gasteiger partial charge on any atom is 0.0404 e. The van der Waals surface area contributed by atoms with Crippen LogP contribution in [0.3, 0.4) is 0 Å². The van der Waals surface area contributed by atoms with Crippen molar-refractivity contribution in [1.82, 2.24) is 0 Å². The fourth-order valence-electron chi connectivity index (χ4n) is 2.91. The van der Waals surface area contributed by atoms with Gasteiger partial charge in [-0.1, -0.05) is 39.0 Å². The highest BCUT2D eigenvalue weighted by molar-refractivity contribution is 5.60. The second kappa shape index (κ2) is 4.79. The monoisotopic (exact) mass is 243 g/mol. The second-order valence-corrected chi connectivity index (χ2v) is 6.08. The standard InChI is InChI=1S/C17H25N/c1-6-13(7-2)14-8-9-15-16(12-14)18(5)11-10-17(15,3)4/h6,8-9,12-13H,1,7,10-11H2,2-5H3. The Kier molecular flexibility index (Phi) is 3.52. The van der Waals surface area contributed by atoms with Gasteiger partial charge in [-0.2, -0.15) is 0 Å². The number of allylic oxidation sites excluding steroid dienone is 1. The molecule has 0 amide bonds. The third-order valence-electron chi connectivity index (χ3n) is 4.39. The van der Waals surface area contributed by atoms with Gasteiger partial charge in [0.25, 0.3) is 0 Å². The van der Waals surface area contributed by atoms with Crippen LogP contribution in [0.5, 0.6) is 0 Å². The first-order valence-electron chi connectivity index (χ1n) is 6.97. The first-order valence-corrected chi connectivity index (χ1v) is 6.97. The topological polar surface area (TPSA) is 3.24 Å². The number of hydrogen-bond acceptors (Lipinski definition) is 1. The zero-order valence-corrected chi connectivity index (χ0v) is 12.2. The zero-order valence-electron chi connectivity index (χ0n) is 12.2. The molecule has 1 aliphatic rings. The molecule has 0 saturated carbocycles. The van der Waals surface area contributed by atoms with E-state index >= 15 is 0 Å². The van der Waals surface area contributed by atoms with Crippen LogP contribution in [0, 0.1) is 0 Å². The van der Waals surface area contributed by atoms with Crippen LogP contribution in [-0.4, -0.2) is 13.6 Å². The molecule has 1 aliphatic heterocycles. The Morgan fingerprint density at radius 3 is 2.78 bits per heavy atom. The molecule has 1 atom stereocenters. The predicted octanol–water partition coefficient (Wildman–Crippen LogP) is 4.48. The maximum absolute atomic E-state index is 3.95. The van der Waals surface area contributed by atoms with Gasteiger partial charge in [0.1, 0.15) is 0 Å². The molecule has 1 heteroatoms. The summed E-state index contributed by atoms with van der Waals surface area (Å²) in [7, 11) is 2.20. The van der Waals surface area contributed by atoms with Crippen molar-refractivity contribution in [3.05, 3.63) is 42.0 Å². The van der Waals surface area contributed by atoms with Crippen LogP contribution in [0.25, 0.3) is 0 Å². The molecule has 0 spiro atoms. The summed E-state index contributed by atoms with van der Waals surface area (Å²) >= 11 is 0. The van der Waals surface area contributed by atoms with E-state index in [2.05, 4.69) is 63.6 Å². The Hall–Kier alpha value is -1.24. The largest absolute Gasteiger partial charge is 0.374 e. The van der Waals surface area contributed by atoms with E-state index in [1.54, 1.807) is 0 Å². The van der Waals surface area contributed by atoms with Crippen molar-refractivity contribution >= 4 is 5.69 Å². The summed E-state index contributed by atoms with van der Waals surface area (Å²) in [5, 5.41) is 0. The highest BCUT2D eigenvalue weighted by atomic mass is 15.1. The van der Waals surface area contributed by atoms with Crippen LogP contribution in [0.15, 0.2) is 30.9 Å². The van der Waals surface area contributed by atoms with E-state index < -0.39 is 0 Å². The van der Waals surface area contributed by atoms with Crippen molar-refractivity contribution in [2.45, 2.75) is 44.9 Å². The van der Waals surface area contributed by atoms with E-state index in [0.717, 1.165) is 13.0 Å². The number of rotatable bonds is 3. The van der Waals surface area contributed by atoms with Gasteiger partial charge in [-0.05, 0) is 35.4 Å². The number of hydrogen-bond donors (Lipinski definition) is 0. The van der Waals surface area contributed by atoms with Crippen molar-refractivity contribution in [2.75, 3.05) is 18.5 Å². The first-order chi connectivity index (χ1) is 8.49. The molecule has 0 bridgehead atoms. The molecule has 98 valence electrons. The molecule has 1 heterocycles. The molecule has 1 nitrogen and oxygen atoms in total. The molecule has 1 aromatic rings. The molecule has 1 aromatic carbocycles. The molecule has 0 fully saturated rings. The van der Waals surface area contributed by atoms with Crippen LogP contribution in [0.1, 0.15) is 50.7 Å². The van der Waals surface area contributed by atoms with Crippen LogP contribution >= 0.6 is 0 Å². The number of anilines is 1. The second-order valence-electron chi connectivity index (χ2n) is 6.08. The van der Waals surface area contributed by atoms with Crippen molar-refractivity contribution in [3.8, 4) is 0 Å². The summed E-state index contributed by atoms with van der Waals surface area (Å²) in [5.74, 6) is 0.480. The summed E-state index contributed by atoms with van der Waals surface area (Å²) in [6, 6.07) is 6.98. The summed E-state index contributed by atoms with van der Waals surface area (Å²) in [5.41, 5.74) is 4.59. The fraction of sp³-hybridized carbons (Fsp3) is 0.529. The third-order valence-corrected chi connectivity index (χ3v) is 4.39. The number of benzene rings is 1.